The van der Waals surface area contributed by atoms with Gasteiger partial charge >= 0.3 is 7.12 Å². The average molecular weight is 473 g/mol. The van der Waals surface area contributed by atoms with Crippen LogP contribution in [0.5, 0.6) is 0 Å². The molecular weight excluding hydrogens is 437 g/mol. The molecule has 3 saturated carbocycles. The van der Waals surface area contributed by atoms with E-state index < -0.39 is 12.2 Å². The minimum absolute atomic E-state index is 0.0667. The van der Waals surface area contributed by atoms with Gasteiger partial charge in [-0.15, -0.1) is 0 Å². The van der Waals surface area contributed by atoms with E-state index in [0.717, 1.165) is 12.8 Å². The summed E-state index contributed by atoms with van der Waals surface area (Å²) in [5.41, 5.74) is 7.70. The van der Waals surface area contributed by atoms with Crippen LogP contribution in [0.25, 0.3) is 0 Å². The molecule has 0 aromatic heterocycles. The first-order valence-electron chi connectivity index (χ1n) is 12.2. The fourth-order valence-electron chi connectivity index (χ4n) is 6.25. The van der Waals surface area contributed by atoms with E-state index in [1.807, 2.05) is 0 Å². The molecular formula is C23H36BN5O5. The number of guanidine groups is 1. The topological polar surface area (TPSA) is 141 Å². The lowest BCUT2D eigenvalue weighted by Gasteiger charge is -2.64. The van der Waals surface area contributed by atoms with Crippen molar-refractivity contribution in [3.63, 3.8) is 0 Å². The van der Waals surface area contributed by atoms with Gasteiger partial charge in [-0.1, -0.05) is 45.3 Å². The van der Waals surface area contributed by atoms with Crippen molar-refractivity contribution in [1.82, 2.24) is 10.7 Å². The zero-order valence-electron chi connectivity index (χ0n) is 20.6. The van der Waals surface area contributed by atoms with Crippen LogP contribution in [-0.4, -0.2) is 41.7 Å². The van der Waals surface area contributed by atoms with Crippen molar-refractivity contribution in [3.05, 3.63) is 34.0 Å². The number of aliphatic imine (C=N–C) groups is 1. The fraction of sp³-hybridized carbons (Fsp3) is 0.739. The number of carbonyl (C=O) groups is 1. The SMILES string of the molecule is CC(C)C[C@H](NC(=O)C1C=CC(N=C(N)N[N+](=O)[O-])=CC1)B1O[C@@H]2C[C@@H]3C[C@@H](C3(C)C)[C@]2(C)O1. The summed E-state index contributed by atoms with van der Waals surface area (Å²) in [4.78, 5) is 27.5. The third-order valence-electron chi connectivity index (χ3n) is 8.22. The van der Waals surface area contributed by atoms with Crippen molar-refractivity contribution in [2.24, 2.45) is 39.8 Å². The zero-order chi connectivity index (χ0) is 24.8. The molecule has 1 amide bonds. The van der Waals surface area contributed by atoms with Crippen molar-refractivity contribution in [2.75, 3.05) is 0 Å². The molecule has 0 spiro atoms. The van der Waals surface area contributed by atoms with Crippen molar-refractivity contribution in [3.8, 4) is 0 Å². The molecule has 1 unspecified atom stereocenters. The Kier molecular flexibility index (Phi) is 6.54. The van der Waals surface area contributed by atoms with Crippen LogP contribution in [0.1, 0.15) is 60.3 Å². The highest BCUT2D eigenvalue weighted by atomic mass is 16.7. The Balaban J connectivity index is 1.40. The minimum atomic E-state index is -0.773. The molecule has 0 radical (unpaired) electrons. The molecule has 4 fully saturated rings. The molecule has 6 atom stereocenters. The van der Waals surface area contributed by atoms with Crippen LogP contribution >= 0.6 is 0 Å². The summed E-state index contributed by atoms with van der Waals surface area (Å²) < 4.78 is 13.1. The lowest BCUT2D eigenvalue weighted by molar-refractivity contribution is -0.525. The monoisotopic (exact) mass is 473 g/mol. The maximum atomic E-state index is 13.1. The minimum Gasteiger partial charge on any atom is -0.404 e. The van der Waals surface area contributed by atoms with Crippen molar-refractivity contribution >= 4 is 19.0 Å². The molecule has 11 heteroatoms. The van der Waals surface area contributed by atoms with Crippen molar-refractivity contribution in [1.29, 1.82) is 0 Å². The van der Waals surface area contributed by atoms with E-state index in [2.05, 4.69) is 44.9 Å². The first-order valence-corrected chi connectivity index (χ1v) is 12.2. The van der Waals surface area contributed by atoms with Gasteiger partial charge in [0, 0.05) is 0 Å². The van der Waals surface area contributed by atoms with E-state index in [4.69, 9.17) is 15.0 Å². The number of allylic oxidation sites excluding steroid dienone is 2. The third-order valence-corrected chi connectivity index (χ3v) is 8.22. The van der Waals surface area contributed by atoms with E-state index in [1.165, 1.54) is 6.42 Å². The Morgan fingerprint density at radius 2 is 2.12 bits per heavy atom. The van der Waals surface area contributed by atoms with E-state index in [1.54, 1.807) is 23.7 Å². The molecule has 2 bridgehead atoms. The van der Waals surface area contributed by atoms with Gasteiger partial charge in [0.15, 0.2) is 5.03 Å². The van der Waals surface area contributed by atoms with E-state index in [0.29, 0.717) is 29.9 Å². The summed E-state index contributed by atoms with van der Waals surface area (Å²) in [6.45, 7) is 11.1. The number of nitrogens with zero attached hydrogens (tertiary/aromatic N) is 2. The molecule has 4 aliphatic carbocycles. The van der Waals surface area contributed by atoms with Gasteiger partial charge < -0.3 is 20.4 Å². The molecule has 1 saturated heterocycles. The highest BCUT2D eigenvalue weighted by Crippen LogP contribution is 2.65. The maximum Gasteiger partial charge on any atom is 0.481 e. The second-order valence-electron chi connectivity index (χ2n) is 11.3. The first-order chi connectivity index (χ1) is 15.9. The van der Waals surface area contributed by atoms with Crippen LogP contribution < -0.4 is 16.5 Å². The predicted octanol–water partition coefficient (Wildman–Crippen LogP) is 2.34. The van der Waals surface area contributed by atoms with Gasteiger partial charge in [0.25, 0.3) is 5.96 Å². The molecule has 1 aliphatic heterocycles. The van der Waals surface area contributed by atoms with Crippen LogP contribution in [0.2, 0.25) is 0 Å². The van der Waals surface area contributed by atoms with Gasteiger partial charge in [-0.2, -0.15) is 0 Å². The molecule has 10 nitrogen and oxygen atoms in total. The Morgan fingerprint density at radius 1 is 1.38 bits per heavy atom. The predicted molar refractivity (Wildman–Crippen MR) is 129 cm³/mol. The van der Waals surface area contributed by atoms with Crippen molar-refractivity contribution in [2.45, 2.75) is 77.9 Å². The van der Waals surface area contributed by atoms with E-state index >= 15 is 0 Å². The number of rotatable bonds is 7. The molecule has 5 rings (SSSR count). The van der Waals surface area contributed by atoms with Gasteiger partial charge in [-0.3, -0.25) is 4.79 Å². The van der Waals surface area contributed by atoms with Crippen LogP contribution in [0.3, 0.4) is 0 Å². The third kappa shape index (κ3) is 4.60. The van der Waals surface area contributed by atoms with Gasteiger partial charge in [-0.25, -0.2) is 15.1 Å². The number of amides is 1. The molecule has 5 aliphatic rings. The smallest absolute Gasteiger partial charge is 0.404 e. The number of hydrogen-bond acceptors (Lipinski definition) is 6. The van der Waals surface area contributed by atoms with E-state index in [-0.39, 0.29) is 40.8 Å². The van der Waals surface area contributed by atoms with E-state index in [9.17, 15) is 14.9 Å². The summed E-state index contributed by atoms with van der Waals surface area (Å²) in [6, 6.07) is 0. The Morgan fingerprint density at radius 3 is 2.71 bits per heavy atom. The quantitative estimate of drug-likeness (QED) is 0.169. The number of nitrogens with two attached hydrogens (primary N) is 1. The molecule has 186 valence electrons. The first kappa shape index (κ1) is 24.7. The lowest BCUT2D eigenvalue weighted by atomic mass is 9.43. The number of nitro groups is 1. The Labute approximate surface area is 201 Å². The molecule has 34 heavy (non-hydrogen) atoms. The summed E-state index contributed by atoms with van der Waals surface area (Å²) in [6.07, 6.45) is 8.56. The summed E-state index contributed by atoms with van der Waals surface area (Å²) in [5, 5.41) is 12.9. The van der Waals surface area contributed by atoms with Crippen LogP contribution in [0.4, 0.5) is 0 Å². The fourth-order valence-corrected chi connectivity index (χ4v) is 6.25. The maximum absolute atomic E-state index is 13.1. The second kappa shape index (κ2) is 9.00. The van der Waals surface area contributed by atoms with Crippen LogP contribution in [0, 0.1) is 39.2 Å². The molecule has 4 N–H and O–H groups in total. The van der Waals surface area contributed by atoms with Gasteiger partial charge in [0.1, 0.15) is 0 Å². The highest BCUT2D eigenvalue weighted by Gasteiger charge is 2.68. The normalized spacial score (nSPS) is 34.7. The largest absolute Gasteiger partial charge is 0.481 e. The Hall–Kier alpha value is -2.40. The van der Waals surface area contributed by atoms with Crippen molar-refractivity contribution < 1.29 is 19.1 Å². The summed E-state index contributed by atoms with van der Waals surface area (Å²) >= 11 is 0. The highest BCUT2D eigenvalue weighted by molar-refractivity contribution is 6.47. The van der Waals surface area contributed by atoms with Crippen LogP contribution in [-0.2, 0) is 14.1 Å². The van der Waals surface area contributed by atoms with Gasteiger partial charge in [0.05, 0.1) is 29.3 Å². The number of carbonyl (C=O) groups excluding carboxylic acids is 1. The Bertz CT molecular complexity index is 935. The number of nitrogens with one attached hydrogen (secondary N) is 2. The molecule has 1 heterocycles. The van der Waals surface area contributed by atoms with Crippen LogP contribution in [0.15, 0.2) is 28.9 Å². The zero-order valence-corrected chi connectivity index (χ0v) is 20.6. The summed E-state index contributed by atoms with van der Waals surface area (Å²) in [7, 11) is -0.465. The average Bonchev–Trinajstić information content (AvgIpc) is 3.09. The van der Waals surface area contributed by atoms with Gasteiger partial charge in [0.2, 0.25) is 5.91 Å². The molecule has 0 aromatic carbocycles. The number of hydrazine groups is 1. The lowest BCUT2D eigenvalue weighted by Crippen LogP contribution is -2.65. The summed E-state index contributed by atoms with van der Waals surface area (Å²) in [5.74, 6) is 0.462. The molecule has 0 aromatic rings. The van der Waals surface area contributed by atoms with Gasteiger partial charge in [-0.05, 0) is 61.9 Å². The second-order valence-corrected chi connectivity index (χ2v) is 11.3. The standard InChI is InChI=1S/C23H36BN5O5/c1-13(2)10-19(24-33-18-12-15-11-17(22(15,3)4)23(18,5)34-24)27-20(30)14-6-8-16(9-7-14)26-21(25)28-29(31)32/h6,8-9,13-15,17-19H,7,10-12H2,1-5H3,(H,27,30)(H3,25,26,28)/t14?,15-,17-,18+,19-,23-/m0/s1. The number of hydrogen-bond donors (Lipinski definition) is 3.